The maximum absolute atomic E-state index is 13.7. The van der Waals surface area contributed by atoms with Crippen LogP contribution in [0.2, 0.25) is 0 Å². The second-order valence-electron chi connectivity index (χ2n) is 4.50. The van der Waals surface area contributed by atoms with E-state index < -0.39 is 0 Å². The predicted octanol–water partition coefficient (Wildman–Crippen LogP) is 4.16. The molecule has 1 N–H and O–H groups in total. The molecule has 100 valence electrons. The molecule has 3 heteroatoms. The summed E-state index contributed by atoms with van der Waals surface area (Å²) in [5.74, 6) is -0.154. The Hall–Kier alpha value is -1.32. The molecule has 0 aromatic heterocycles. The lowest BCUT2D eigenvalue weighted by Gasteiger charge is -2.18. The standard InChI is InChI=1S/C16H18FNS/c1-11-4-5-13(10-15(11)17)16(18-2)12-6-8-14(19-3)9-7-12/h4-10,16,18H,1-3H3. The molecule has 0 fully saturated rings. The van der Waals surface area contributed by atoms with Crippen LogP contribution in [0.1, 0.15) is 22.7 Å². The maximum Gasteiger partial charge on any atom is 0.126 e. The van der Waals surface area contributed by atoms with Crippen LogP contribution < -0.4 is 5.32 Å². The molecule has 0 bridgehead atoms. The lowest BCUT2D eigenvalue weighted by Crippen LogP contribution is -2.17. The second-order valence-corrected chi connectivity index (χ2v) is 5.38. The van der Waals surface area contributed by atoms with Gasteiger partial charge >= 0.3 is 0 Å². The molecule has 0 heterocycles. The first-order chi connectivity index (χ1) is 9.15. The summed E-state index contributed by atoms with van der Waals surface area (Å²) < 4.78 is 13.7. The highest BCUT2D eigenvalue weighted by Gasteiger charge is 2.13. The fourth-order valence-electron chi connectivity index (χ4n) is 2.11. The van der Waals surface area contributed by atoms with Crippen LogP contribution >= 0.6 is 11.8 Å². The average molecular weight is 275 g/mol. The van der Waals surface area contributed by atoms with Gasteiger partial charge in [0.1, 0.15) is 5.82 Å². The van der Waals surface area contributed by atoms with Crippen LogP contribution in [0.4, 0.5) is 4.39 Å². The Morgan fingerprint density at radius 2 is 1.68 bits per heavy atom. The van der Waals surface area contributed by atoms with E-state index in [1.54, 1.807) is 24.8 Å². The number of hydrogen-bond acceptors (Lipinski definition) is 2. The van der Waals surface area contributed by atoms with Gasteiger partial charge in [0.2, 0.25) is 0 Å². The van der Waals surface area contributed by atoms with Crippen molar-refractivity contribution in [1.82, 2.24) is 5.32 Å². The molecule has 2 rings (SSSR count). The minimum absolute atomic E-state index is 0.0195. The molecule has 0 aliphatic rings. The number of benzene rings is 2. The average Bonchev–Trinajstić information content (AvgIpc) is 2.44. The van der Waals surface area contributed by atoms with E-state index >= 15 is 0 Å². The highest BCUT2D eigenvalue weighted by atomic mass is 32.2. The SMILES string of the molecule is CNC(c1ccc(SC)cc1)c1ccc(C)c(F)c1. The molecule has 0 aliphatic heterocycles. The molecule has 2 aromatic rings. The van der Waals surface area contributed by atoms with Gasteiger partial charge in [-0.2, -0.15) is 0 Å². The Kier molecular flexibility index (Phi) is 4.61. The first-order valence-electron chi connectivity index (χ1n) is 6.23. The van der Waals surface area contributed by atoms with E-state index in [0.717, 1.165) is 11.1 Å². The van der Waals surface area contributed by atoms with Crippen molar-refractivity contribution in [1.29, 1.82) is 0 Å². The van der Waals surface area contributed by atoms with Gasteiger partial charge in [-0.25, -0.2) is 4.39 Å². The highest BCUT2D eigenvalue weighted by Crippen LogP contribution is 2.25. The van der Waals surface area contributed by atoms with Crippen molar-refractivity contribution < 1.29 is 4.39 Å². The Morgan fingerprint density at radius 1 is 1.05 bits per heavy atom. The van der Waals surface area contributed by atoms with Crippen LogP contribution in [0.3, 0.4) is 0 Å². The monoisotopic (exact) mass is 275 g/mol. The number of aryl methyl sites for hydroxylation is 1. The highest BCUT2D eigenvalue weighted by molar-refractivity contribution is 7.98. The molecule has 2 aromatic carbocycles. The van der Waals surface area contributed by atoms with E-state index in [0.29, 0.717) is 5.56 Å². The molecule has 0 spiro atoms. The zero-order valence-electron chi connectivity index (χ0n) is 11.4. The van der Waals surface area contributed by atoms with Crippen molar-refractivity contribution in [2.75, 3.05) is 13.3 Å². The normalized spacial score (nSPS) is 12.4. The van der Waals surface area contributed by atoms with Crippen LogP contribution in [0.5, 0.6) is 0 Å². The van der Waals surface area contributed by atoms with Crippen LogP contribution in [0.15, 0.2) is 47.4 Å². The third-order valence-electron chi connectivity index (χ3n) is 3.27. The van der Waals surface area contributed by atoms with Crippen LogP contribution in [-0.2, 0) is 0 Å². The van der Waals surface area contributed by atoms with Crippen molar-refractivity contribution >= 4 is 11.8 Å². The minimum Gasteiger partial charge on any atom is -0.309 e. The van der Waals surface area contributed by atoms with E-state index in [-0.39, 0.29) is 11.9 Å². The summed E-state index contributed by atoms with van der Waals surface area (Å²) in [6.45, 7) is 1.78. The maximum atomic E-state index is 13.7. The Bertz CT molecular complexity index is 551. The Labute approximate surface area is 118 Å². The molecular formula is C16H18FNS. The van der Waals surface area contributed by atoms with Crippen LogP contribution in [0, 0.1) is 12.7 Å². The van der Waals surface area contributed by atoms with Gasteiger partial charge in [-0.1, -0.05) is 24.3 Å². The molecular weight excluding hydrogens is 257 g/mol. The molecule has 0 radical (unpaired) electrons. The summed E-state index contributed by atoms with van der Waals surface area (Å²) in [5, 5.41) is 3.25. The Balaban J connectivity index is 2.34. The van der Waals surface area contributed by atoms with E-state index in [4.69, 9.17) is 0 Å². The summed E-state index contributed by atoms with van der Waals surface area (Å²) in [5.41, 5.74) is 2.77. The van der Waals surface area contributed by atoms with Crippen LogP contribution in [0.25, 0.3) is 0 Å². The summed E-state index contributed by atoms with van der Waals surface area (Å²) >= 11 is 1.72. The van der Waals surface area contributed by atoms with E-state index in [2.05, 4.69) is 35.8 Å². The second kappa shape index (κ2) is 6.22. The van der Waals surface area contributed by atoms with Gasteiger partial charge in [0, 0.05) is 4.90 Å². The zero-order valence-corrected chi connectivity index (χ0v) is 12.2. The topological polar surface area (TPSA) is 12.0 Å². The van der Waals surface area contributed by atoms with Crippen molar-refractivity contribution in [3.63, 3.8) is 0 Å². The van der Waals surface area contributed by atoms with Crippen molar-refractivity contribution in [3.8, 4) is 0 Å². The number of nitrogens with one attached hydrogen (secondary N) is 1. The fourth-order valence-corrected chi connectivity index (χ4v) is 2.52. The largest absolute Gasteiger partial charge is 0.309 e. The lowest BCUT2D eigenvalue weighted by molar-refractivity contribution is 0.608. The number of thioether (sulfide) groups is 1. The molecule has 0 aliphatic carbocycles. The summed E-state index contributed by atoms with van der Waals surface area (Å²) in [4.78, 5) is 1.23. The van der Waals surface area contributed by atoms with Gasteiger partial charge in [-0.3, -0.25) is 0 Å². The number of hydrogen-bond donors (Lipinski definition) is 1. The molecule has 1 unspecified atom stereocenters. The van der Waals surface area contributed by atoms with Crippen molar-refractivity contribution in [3.05, 3.63) is 65.0 Å². The predicted molar refractivity (Wildman–Crippen MR) is 80.3 cm³/mol. The van der Waals surface area contributed by atoms with Gasteiger partial charge in [0.25, 0.3) is 0 Å². The molecule has 1 nitrogen and oxygen atoms in total. The lowest BCUT2D eigenvalue weighted by atomic mass is 9.98. The molecule has 0 saturated carbocycles. The third-order valence-corrected chi connectivity index (χ3v) is 4.01. The van der Waals surface area contributed by atoms with E-state index in [9.17, 15) is 4.39 Å². The van der Waals surface area contributed by atoms with E-state index in [1.165, 1.54) is 4.90 Å². The van der Waals surface area contributed by atoms with Crippen LogP contribution in [-0.4, -0.2) is 13.3 Å². The molecule has 0 amide bonds. The van der Waals surface area contributed by atoms with Gasteiger partial charge in [-0.15, -0.1) is 11.8 Å². The summed E-state index contributed by atoms with van der Waals surface area (Å²) in [6.07, 6.45) is 2.06. The quantitative estimate of drug-likeness (QED) is 0.841. The van der Waals surface area contributed by atoms with Crippen molar-refractivity contribution in [2.45, 2.75) is 17.9 Å². The molecule has 19 heavy (non-hydrogen) atoms. The summed E-state index contributed by atoms with van der Waals surface area (Å²) in [7, 11) is 1.89. The van der Waals surface area contributed by atoms with Gasteiger partial charge in [0.15, 0.2) is 0 Å². The van der Waals surface area contributed by atoms with E-state index in [1.807, 2.05) is 19.2 Å². The van der Waals surface area contributed by atoms with Gasteiger partial charge < -0.3 is 5.32 Å². The minimum atomic E-state index is -0.154. The van der Waals surface area contributed by atoms with Gasteiger partial charge in [-0.05, 0) is 55.1 Å². The fraction of sp³-hybridized carbons (Fsp3) is 0.250. The zero-order chi connectivity index (χ0) is 13.8. The number of halogens is 1. The first kappa shape index (κ1) is 14.1. The third kappa shape index (κ3) is 3.17. The first-order valence-corrected chi connectivity index (χ1v) is 7.45. The molecule has 1 atom stereocenters. The van der Waals surface area contributed by atoms with Gasteiger partial charge in [0.05, 0.1) is 6.04 Å². The number of rotatable bonds is 4. The van der Waals surface area contributed by atoms with Crippen molar-refractivity contribution in [2.24, 2.45) is 0 Å². The summed E-state index contributed by atoms with van der Waals surface area (Å²) in [6, 6.07) is 13.8. The smallest absolute Gasteiger partial charge is 0.126 e. The Morgan fingerprint density at radius 3 is 2.21 bits per heavy atom. The molecule has 0 saturated heterocycles.